The lowest BCUT2D eigenvalue weighted by molar-refractivity contribution is -0.210. The summed E-state index contributed by atoms with van der Waals surface area (Å²) in [5, 5.41) is 10.1. The molecule has 1 aliphatic carbocycles. The fourth-order valence-corrected chi connectivity index (χ4v) is 2.98. The molecule has 16 heavy (non-hydrogen) atoms. The molecule has 0 amide bonds. The molecule has 1 aliphatic heterocycles. The number of aliphatic hydroxyl groups is 1. The van der Waals surface area contributed by atoms with Crippen molar-refractivity contribution in [1.82, 2.24) is 0 Å². The highest BCUT2D eigenvalue weighted by atomic mass is 16.5. The van der Waals surface area contributed by atoms with E-state index in [4.69, 9.17) is 17.0 Å². The van der Waals surface area contributed by atoms with Crippen molar-refractivity contribution in [2.75, 3.05) is 0 Å². The van der Waals surface area contributed by atoms with Gasteiger partial charge in [-0.2, -0.15) is 0 Å². The summed E-state index contributed by atoms with van der Waals surface area (Å²) < 4.78 is 5.92. The second kappa shape index (κ2) is 3.99. The van der Waals surface area contributed by atoms with Crippen molar-refractivity contribution >= 4 is 0 Å². The Morgan fingerprint density at radius 3 is 2.75 bits per heavy atom. The molecule has 90 valence electrons. The molecule has 5 atom stereocenters. The number of hydrogen-bond donors (Lipinski definition) is 2. The number of rotatable bonds is 0. The molecule has 0 aromatic rings. The first-order chi connectivity index (χ1) is 7.45. The topological polar surface area (TPSA) is 59.8 Å². The SMILES string of the molecule is [C-]#[N+]C1CCC2OC(C)(C)[C@@H](O)[C@H](N)C2C1. The van der Waals surface area contributed by atoms with Crippen molar-refractivity contribution in [2.24, 2.45) is 11.7 Å². The average molecular weight is 224 g/mol. The molecule has 2 aliphatic rings. The minimum absolute atomic E-state index is 0.0595. The number of hydrogen-bond acceptors (Lipinski definition) is 3. The van der Waals surface area contributed by atoms with E-state index < -0.39 is 11.7 Å². The van der Waals surface area contributed by atoms with Gasteiger partial charge in [0.05, 0.1) is 17.8 Å². The second-order valence-corrected chi connectivity index (χ2v) is 5.54. The normalized spacial score (nSPS) is 46.8. The Hall–Kier alpha value is -0.630. The highest BCUT2D eigenvalue weighted by molar-refractivity contribution is 5.03. The molecule has 0 bridgehead atoms. The Labute approximate surface area is 96.6 Å². The summed E-state index contributed by atoms with van der Waals surface area (Å²) in [4.78, 5) is 3.59. The van der Waals surface area contributed by atoms with Crippen LogP contribution < -0.4 is 5.73 Å². The van der Waals surface area contributed by atoms with Gasteiger partial charge in [-0.05, 0) is 20.3 Å². The van der Waals surface area contributed by atoms with Crippen LogP contribution in [0.4, 0.5) is 0 Å². The fourth-order valence-electron chi connectivity index (χ4n) is 2.98. The van der Waals surface area contributed by atoms with Crippen molar-refractivity contribution in [3.63, 3.8) is 0 Å². The van der Waals surface area contributed by atoms with Gasteiger partial charge in [0.2, 0.25) is 6.04 Å². The first kappa shape index (κ1) is 11.8. The van der Waals surface area contributed by atoms with Crippen molar-refractivity contribution in [1.29, 1.82) is 0 Å². The summed E-state index contributed by atoms with van der Waals surface area (Å²) in [6.07, 6.45) is 2.03. The summed E-state index contributed by atoms with van der Waals surface area (Å²) in [6.45, 7) is 10.8. The van der Waals surface area contributed by atoms with Crippen LogP contribution in [0.15, 0.2) is 0 Å². The van der Waals surface area contributed by atoms with Crippen molar-refractivity contribution < 1.29 is 9.84 Å². The monoisotopic (exact) mass is 224 g/mol. The number of aliphatic hydroxyl groups excluding tert-OH is 1. The molecular formula is C12H20N2O2. The first-order valence-corrected chi connectivity index (χ1v) is 5.93. The predicted octanol–water partition coefficient (Wildman–Crippen LogP) is 0.940. The molecule has 0 aromatic heterocycles. The molecule has 1 saturated heterocycles. The van der Waals surface area contributed by atoms with Crippen molar-refractivity contribution in [2.45, 2.75) is 63.0 Å². The van der Waals surface area contributed by atoms with E-state index >= 15 is 0 Å². The third-order valence-corrected chi connectivity index (χ3v) is 4.02. The number of ether oxygens (including phenoxy) is 1. The largest absolute Gasteiger partial charge is 0.389 e. The lowest BCUT2D eigenvalue weighted by Gasteiger charge is -2.49. The zero-order chi connectivity index (χ0) is 11.9. The predicted molar refractivity (Wildman–Crippen MR) is 60.7 cm³/mol. The molecular weight excluding hydrogens is 204 g/mol. The van der Waals surface area contributed by atoms with E-state index in [1.807, 2.05) is 13.8 Å². The molecule has 0 spiro atoms. The number of fused-ring (bicyclic) bond motifs is 1. The van der Waals surface area contributed by atoms with Gasteiger partial charge in [0.1, 0.15) is 0 Å². The van der Waals surface area contributed by atoms with Crippen LogP contribution in [0, 0.1) is 12.5 Å². The van der Waals surface area contributed by atoms with Gasteiger partial charge < -0.3 is 20.4 Å². The first-order valence-electron chi connectivity index (χ1n) is 5.93. The van der Waals surface area contributed by atoms with Crippen LogP contribution in [-0.4, -0.2) is 35.0 Å². The van der Waals surface area contributed by atoms with Gasteiger partial charge in [0.25, 0.3) is 0 Å². The zero-order valence-corrected chi connectivity index (χ0v) is 9.89. The molecule has 3 N–H and O–H groups in total. The van der Waals surface area contributed by atoms with E-state index in [0.717, 1.165) is 19.3 Å². The lowest BCUT2D eigenvalue weighted by Crippen LogP contribution is -2.63. The molecule has 0 aromatic carbocycles. The smallest absolute Gasteiger partial charge is 0.224 e. The number of nitrogens with two attached hydrogens (primary N) is 1. The van der Waals surface area contributed by atoms with Gasteiger partial charge >= 0.3 is 0 Å². The van der Waals surface area contributed by atoms with Crippen LogP contribution in [0.1, 0.15) is 33.1 Å². The summed E-state index contributed by atoms with van der Waals surface area (Å²) in [7, 11) is 0. The maximum Gasteiger partial charge on any atom is 0.224 e. The minimum atomic E-state index is -0.641. The Bertz CT molecular complexity index is 309. The van der Waals surface area contributed by atoms with Crippen LogP contribution in [-0.2, 0) is 4.74 Å². The Morgan fingerprint density at radius 2 is 2.12 bits per heavy atom. The fraction of sp³-hybridized carbons (Fsp3) is 0.917. The van der Waals surface area contributed by atoms with E-state index in [1.54, 1.807) is 0 Å². The quantitative estimate of drug-likeness (QED) is 0.602. The van der Waals surface area contributed by atoms with Crippen LogP contribution in [0.5, 0.6) is 0 Å². The van der Waals surface area contributed by atoms with Crippen LogP contribution >= 0.6 is 0 Å². The average Bonchev–Trinajstić information content (AvgIpc) is 2.25. The maximum absolute atomic E-state index is 10.1. The Kier molecular flexibility index (Phi) is 2.95. The zero-order valence-electron chi connectivity index (χ0n) is 9.89. The van der Waals surface area contributed by atoms with E-state index in [0.29, 0.717) is 0 Å². The van der Waals surface area contributed by atoms with Gasteiger partial charge in [-0.1, -0.05) is 0 Å². The van der Waals surface area contributed by atoms with E-state index in [9.17, 15) is 5.11 Å². The standard InChI is InChI=1S/C12H20N2O2/c1-12(2)11(15)10(13)8-6-7(14-3)4-5-9(8)16-12/h7-11,15H,4-6,13H2,1-2H3/t7?,8?,9?,10-,11+/m1/s1. The lowest BCUT2D eigenvalue weighted by atomic mass is 9.72. The molecule has 4 nitrogen and oxygen atoms in total. The highest BCUT2D eigenvalue weighted by Gasteiger charge is 2.50. The summed E-state index contributed by atoms with van der Waals surface area (Å²) in [6, 6.07) is -0.206. The van der Waals surface area contributed by atoms with Gasteiger partial charge in [-0.3, -0.25) is 0 Å². The molecule has 1 heterocycles. The summed E-state index contributed by atoms with van der Waals surface area (Å²) in [5.74, 6) is 0.135. The van der Waals surface area contributed by atoms with E-state index in [1.165, 1.54) is 0 Å². The van der Waals surface area contributed by atoms with Crippen LogP contribution in [0.2, 0.25) is 0 Å². The molecule has 3 unspecified atom stereocenters. The van der Waals surface area contributed by atoms with E-state index in [-0.39, 0.29) is 24.1 Å². The second-order valence-electron chi connectivity index (χ2n) is 5.54. The van der Waals surface area contributed by atoms with Crippen molar-refractivity contribution in [3.05, 3.63) is 11.4 Å². The summed E-state index contributed by atoms with van der Waals surface area (Å²) >= 11 is 0. The maximum atomic E-state index is 10.1. The molecule has 0 radical (unpaired) electrons. The van der Waals surface area contributed by atoms with Crippen LogP contribution in [0.25, 0.3) is 4.85 Å². The molecule has 2 fully saturated rings. The van der Waals surface area contributed by atoms with Gasteiger partial charge in [-0.25, -0.2) is 6.57 Å². The molecule has 4 heteroatoms. The Balaban J connectivity index is 2.15. The van der Waals surface area contributed by atoms with Crippen molar-refractivity contribution in [3.8, 4) is 0 Å². The van der Waals surface area contributed by atoms with Gasteiger partial charge in [0, 0.05) is 24.8 Å². The van der Waals surface area contributed by atoms with Crippen LogP contribution in [0.3, 0.4) is 0 Å². The minimum Gasteiger partial charge on any atom is -0.389 e. The molecule has 2 rings (SSSR count). The molecule has 1 saturated carbocycles. The van der Waals surface area contributed by atoms with Gasteiger partial charge in [-0.15, -0.1) is 0 Å². The Morgan fingerprint density at radius 1 is 1.44 bits per heavy atom. The third-order valence-electron chi connectivity index (χ3n) is 4.02. The van der Waals surface area contributed by atoms with Gasteiger partial charge in [0.15, 0.2) is 0 Å². The highest BCUT2D eigenvalue weighted by Crippen LogP contribution is 2.40. The summed E-state index contributed by atoms with van der Waals surface area (Å²) in [5.41, 5.74) is 5.53. The van der Waals surface area contributed by atoms with E-state index in [2.05, 4.69) is 4.85 Å². The number of nitrogens with zero attached hydrogens (tertiary/aromatic N) is 1. The third kappa shape index (κ3) is 1.84.